The summed E-state index contributed by atoms with van der Waals surface area (Å²) in [4.78, 5) is 4.99. The van der Waals surface area contributed by atoms with Crippen molar-refractivity contribution in [3.63, 3.8) is 0 Å². The van der Waals surface area contributed by atoms with Gasteiger partial charge in [-0.2, -0.15) is 0 Å². The fourth-order valence-corrected chi connectivity index (χ4v) is 2.64. The van der Waals surface area contributed by atoms with Crippen molar-refractivity contribution < 1.29 is 0 Å². The van der Waals surface area contributed by atoms with Gasteiger partial charge in [0.05, 0.1) is 0 Å². The molecule has 1 atom stereocenters. The van der Waals surface area contributed by atoms with Crippen LogP contribution in [0.1, 0.15) is 33.6 Å². The summed E-state index contributed by atoms with van der Waals surface area (Å²) >= 11 is 0. The number of rotatable bonds is 7. The molecular weight excluding hydrogens is 210 g/mol. The molecule has 1 saturated heterocycles. The van der Waals surface area contributed by atoms with Gasteiger partial charge in [-0.25, -0.2) is 0 Å². The van der Waals surface area contributed by atoms with E-state index >= 15 is 0 Å². The second kappa shape index (κ2) is 6.72. The average molecular weight is 241 g/mol. The minimum absolute atomic E-state index is 0.385. The van der Waals surface area contributed by atoms with E-state index in [9.17, 15) is 0 Å². The molecule has 102 valence electrons. The molecule has 3 nitrogen and oxygen atoms in total. The molecule has 1 aliphatic heterocycles. The first-order chi connectivity index (χ1) is 7.94. The number of hydrogen-bond acceptors (Lipinski definition) is 3. The van der Waals surface area contributed by atoms with Crippen LogP contribution in [-0.4, -0.2) is 62.7 Å². The van der Waals surface area contributed by atoms with Crippen molar-refractivity contribution in [2.24, 2.45) is 5.41 Å². The molecule has 0 aliphatic carbocycles. The van der Waals surface area contributed by atoms with Crippen LogP contribution in [0.3, 0.4) is 0 Å². The Kier molecular flexibility index (Phi) is 5.90. The Morgan fingerprint density at radius 2 is 2.06 bits per heavy atom. The van der Waals surface area contributed by atoms with E-state index < -0.39 is 0 Å². The highest BCUT2D eigenvalue weighted by atomic mass is 15.2. The molecule has 1 heterocycles. The molecule has 0 aromatic carbocycles. The normalized spacial score (nSPS) is 22.6. The van der Waals surface area contributed by atoms with Gasteiger partial charge in [0.25, 0.3) is 0 Å². The Hall–Kier alpha value is -0.120. The maximum Gasteiger partial charge on any atom is 0.0229 e. The lowest BCUT2D eigenvalue weighted by atomic mass is 9.92. The molecule has 1 N–H and O–H groups in total. The van der Waals surface area contributed by atoms with Gasteiger partial charge in [0, 0.05) is 25.7 Å². The summed E-state index contributed by atoms with van der Waals surface area (Å²) in [5, 5.41) is 3.55. The van der Waals surface area contributed by atoms with Crippen molar-refractivity contribution in [2.45, 2.75) is 39.7 Å². The van der Waals surface area contributed by atoms with E-state index in [1.165, 1.54) is 32.5 Å². The van der Waals surface area contributed by atoms with Gasteiger partial charge in [0.2, 0.25) is 0 Å². The maximum atomic E-state index is 3.55. The summed E-state index contributed by atoms with van der Waals surface area (Å²) in [6, 6.07) is 0.759. The number of nitrogens with one attached hydrogen (secondary N) is 1. The summed E-state index contributed by atoms with van der Waals surface area (Å²) in [7, 11) is 4.39. The standard InChI is InChI=1S/C14H31N3/c1-6-8-15-11-14(2,3)12-17-9-7-13(10-17)16(4)5/h13,15H,6-12H2,1-5H3. The largest absolute Gasteiger partial charge is 0.316 e. The van der Waals surface area contributed by atoms with Crippen molar-refractivity contribution in [2.75, 3.05) is 46.8 Å². The van der Waals surface area contributed by atoms with Crippen molar-refractivity contribution in [1.29, 1.82) is 0 Å². The van der Waals surface area contributed by atoms with E-state index in [4.69, 9.17) is 0 Å². The van der Waals surface area contributed by atoms with Crippen molar-refractivity contribution >= 4 is 0 Å². The molecule has 0 bridgehead atoms. The van der Waals surface area contributed by atoms with Gasteiger partial charge in [-0.1, -0.05) is 20.8 Å². The van der Waals surface area contributed by atoms with Crippen LogP contribution in [0.4, 0.5) is 0 Å². The molecule has 1 fully saturated rings. The molecule has 0 amide bonds. The Bertz CT molecular complexity index is 214. The van der Waals surface area contributed by atoms with Crippen LogP contribution in [0.15, 0.2) is 0 Å². The zero-order chi connectivity index (χ0) is 12.9. The zero-order valence-corrected chi connectivity index (χ0v) is 12.4. The van der Waals surface area contributed by atoms with Crippen LogP contribution < -0.4 is 5.32 Å². The van der Waals surface area contributed by atoms with Gasteiger partial charge in [0.1, 0.15) is 0 Å². The molecule has 0 saturated carbocycles. The topological polar surface area (TPSA) is 18.5 Å². The lowest BCUT2D eigenvalue weighted by Crippen LogP contribution is -2.41. The van der Waals surface area contributed by atoms with Crippen molar-refractivity contribution in [3.05, 3.63) is 0 Å². The average Bonchev–Trinajstić information content (AvgIpc) is 2.65. The number of likely N-dealkylation sites (tertiary alicyclic amines) is 1. The third kappa shape index (κ3) is 5.36. The first-order valence-electron chi connectivity index (χ1n) is 7.04. The fourth-order valence-electron chi connectivity index (χ4n) is 2.64. The Labute approximate surface area is 108 Å². The van der Waals surface area contributed by atoms with Gasteiger partial charge in [0.15, 0.2) is 0 Å². The highest BCUT2D eigenvalue weighted by Gasteiger charge is 2.28. The van der Waals surface area contributed by atoms with Crippen molar-refractivity contribution in [1.82, 2.24) is 15.1 Å². The molecule has 0 spiro atoms. The van der Waals surface area contributed by atoms with E-state index in [0.29, 0.717) is 5.41 Å². The predicted molar refractivity (Wildman–Crippen MR) is 75.5 cm³/mol. The van der Waals surface area contributed by atoms with Gasteiger partial charge in [-0.05, 0) is 45.4 Å². The van der Waals surface area contributed by atoms with Crippen LogP contribution in [0.25, 0.3) is 0 Å². The summed E-state index contributed by atoms with van der Waals surface area (Å²) in [6.07, 6.45) is 2.55. The highest BCUT2D eigenvalue weighted by molar-refractivity contribution is 4.85. The summed E-state index contributed by atoms with van der Waals surface area (Å²) in [5.41, 5.74) is 0.385. The smallest absolute Gasteiger partial charge is 0.0229 e. The SMILES string of the molecule is CCCNCC(C)(C)CN1CCC(N(C)C)C1. The molecule has 0 aromatic heterocycles. The minimum Gasteiger partial charge on any atom is -0.316 e. The quantitative estimate of drug-likeness (QED) is 0.684. The molecular formula is C14H31N3. The van der Waals surface area contributed by atoms with E-state index in [2.05, 4.69) is 50.0 Å². The Morgan fingerprint density at radius 1 is 1.35 bits per heavy atom. The molecule has 3 heteroatoms. The fraction of sp³-hybridized carbons (Fsp3) is 1.00. The third-order valence-corrected chi connectivity index (χ3v) is 3.66. The monoisotopic (exact) mass is 241 g/mol. The van der Waals surface area contributed by atoms with Crippen LogP contribution in [-0.2, 0) is 0 Å². The van der Waals surface area contributed by atoms with Gasteiger partial charge in [-0.15, -0.1) is 0 Å². The van der Waals surface area contributed by atoms with E-state index in [-0.39, 0.29) is 0 Å². The van der Waals surface area contributed by atoms with E-state index in [1.807, 2.05) is 0 Å². The van der Waals surface area contributed by atoms with Crippen molar-refractivity contribution in [3.8, 4) is 0 Å². The molecule has 17 heavy (non-hydrogen) atoms. The van der Waals surface area contributed by atoms with Crippen LogP contribution >= 0.6 is 0 Å². The number of nitrogens with zero attached hydrogens (tertiary/aromatic N) is 2. The summed E-state index contributed by atoms with van der Waals surface area (Å²) in [6.45, 7) is 13.0. The number of likely N-dealkylation sites (N-methyl/N-ethyl adjacent to an activating group) is 1. The maximum absolute atomic E-state index is 3.55. The van der Waals surface area contributed by atoms with Crippen LogP contribution in [0.5, 0.6) is 0 Å². The summed E-state index contributed by atoms with van der Waals surface area (Å²) in [5.74, 6) is 0. The third-order valence-electron chi connectivity index (χ3n) is 3.66. The second-order valence-corrected chi connectivity index (χ2v) is 6.48. The molecule has 1 unspecified atom stereocenters. The van der Waals surface area contributed by atoms with Gasteiger partial charge < -0.3 is 15.1 Å². The van der Waals surface area contributed by atoms with Crippen LogP contribution in [0.2, 0.25) is 0 Å². The number of hydrogen-bond donors (Lipinski definition) is 1. The zero-order valence-electron chi connectivity index (χ0n) is 12.4. The second-order valence-electron chi connectivity index (χ2n) is 6.48. The first kappa shape index (κ1) is 14.9. The molecule has 1 rings (SSSR count). The lowest BCUT2D eigenvalue weighted by molar-refractivity contribution is 0.190. The highest BCUT2D eigenvalue weighted by Crippen LogP contribution is 2.21. The van der Waals surface area contributed by atoms with Gasteiger partial charge >= 0.3 is 0 Å². The molecule has 0 aromatic rings. The summed E-state index contributed by atoms with van der Waals surface area (Å²) < 4.78 is 0. The molecule has 1 aliphatic rings. The van der Waals surface area contributed by atoms with Crippen LogP contribution in [0, 0.1) is 5.41 Å². The Balaban J connectivity index is 2.28. The molecule has 0 radical (unpaired) electrons. The van der Waals surface area contributed by atoms with Gasteiger partial charge in [-0.3, -0.25) is 0 Å². The predicted octanol–water partition coefficient (Wildman–Crippen LogP) is 1.65. The van der Waals surface area contributed by atoms with E-state index in [0.717, 1.165) is 19.1 Å². The first-order valence-corrected chi connectivity index (χ1v) is 7.04. The van der Waals surface area contributed by atoms with E-state index in [1.54, 1.807) is 0 Å². The minimum atomic E-state index is 0.385. The lowest BCUT2D eigenvalue weighted by Gasteiger charge is -2.31. The Morgan fingerprint density at radius 3 is 2.59 bits per heavy atom.